The molecule has 0 radical (unpaired) electrons. The zero-order chi connectivity index (χ0) is 17.1. The maximum Gasteiger partial charge on any atom is 0.320 e. The van der Waals surface area contributed by atoms with E-state index < -0.39 is 44.3 Å². The minimum Gasteiger partial charge on any atom is -0.480 e. The number of nitrogens with two attached hydrogens (primary N) is 1. The number of carboxylic acids is 1. The summed E-state index contributed by atoms with van der Waals surface area (Å²) in [6, 6.07) is 1.27. The second kappa shape index (κ2) is 6.93. The average Bonchev–Trinajstić information content (AvgIpc) is 2.79. The molecule has 1 rings (SSSR count). The first-order valence-corrected chi connectivity index (χ1v) is 5.28. The van der Waals surface area contributed by atoms with Crippen LogP contribution in [0.3, 0.4) is 0 Å². The number of carbonyl (C=O) groups excluding carboxylic acids is 1. The molecule has 1 atom stereocenters. The number of aromatic nitrogens is 1. The maximum absolute atomic E-state index is 10.9. The van der Waals surface area contributed by atoms with Gasteiger partial charge in [-0.2, -0.15) is 0 Å². The van der Waals surface area contributed by atoms with E-state index in [2.05, 4.69) is 0 Å². The van der Waals surface area contributed by atoms with Gasteiger partial charge in [0.2, 0.25) is 0 Å². The predicted octanol–water partition coefficient (Wildman–Crippen LogP) is 0.375. The summed E-state index contributed by atoms with van der Waals surface area (Å²) in [6.45, 7) is -0.995. The van der Waals surface area contributed by atoms with E-state index in [1.807, 2.05) is 0 Å². The van der Waals surface area contributed by atoms with Crippen LogP contribution >= 0.6 is 0 Å². The van der Waals surface area contributed by atoms with Crippen LogP contribution in [-0.4, -0.2) is 33.1 Å². The zero-order valence-corrected chi connectivity index (χ0v) is 9.67. The van der Waals surface area contributed by atoms with E-state index in [1.54, 1.807) is 0 Å². The van der Waals surface area contributed by atoms with Crippen LogP contribution < -0.4 is 5.73 Å². The fraction of sp³-hybridized carbons (Fsp3) is 0.500. The fourth-order valence-electron chi connectivity index (χ4n) is 1.37. The molecule has 0 aromatic carbocycles. The number of rotatable bonds is 8. The van der Waals surface area contributed by atoms with Crippen molar-refractivity contribution < 1.29 is 25.3 Å². The summed E-state index contributed by atoms with van der Waals surface area (Å²) in [4.78, 5) is 21.7. The molecule has 0 aliphatic carbocycles. The number of carbonyl (C=O) groups is 2. The molecule has 0 aliphatic heterocycles. The van der Waals surface area contributed by atoms with Crippen molar-refractivity contribution in [3.8, 4) is 0 Å². The minimum atomic E-state index is -2.54. The molecule has 0 amide bonds. The molecule has 0 saturated heterocycles. The summed E-state index contributed by atoms with van der Waals surface area (Å²) >= 11 is 0. The van der Waals surface area contributed by atoms with Gasteiger partial charge in [-0.3, -0.25) is 9.59 Å². The van der Waals surface area contributed by atoms with Crippen LogP contribution in [-0.2, 0) is 17.9 Å². The van der Waals surface area contributed by atoms with Gasteiger partial charge >= 0.3 is 5.97 Å². The molecule has 6 heteroatoms. The van der Waals surface area contributed by atoms with E-state index in [4.69, 9.17) is 16.3 Å². The van der Waals surface area contributed by atoms with Gasteiger partial charge in [-0.15, -0.1) is 0 Å². The number of aldehydes is 1. The van der Waals surface area contributed by atoms with Crippen molar-refractivity contribution in [2.24, 2.45) is 5.73 Å². The highest BCUT2D eigenvalue weighted by molar-refractivity contribution is 5.73. The van der Waals surface area contributed by atoms with Crippen LogP contribution in [0.1, 0.15) is 40.8 Å². The Hall–Kier alpha value is -1.66. The summed E-state index contributed by atoms with van der Waals surface area (Å²) in [5, 5.41) is 17.9. The normalized spacial score (nSPS) is 17.2. The number of nitrogens with zero attached hydrogens (tertiary/aromatic N) is 1. The lowest BCUT2D eigenvalue weighted by Gasteiger charge is -2.10. The summed E-state index contributed by atoms with van der Waals surface area (Å²) in [5.74, 6) is -1.43. The average molecular weight is 258 g/mol. The van der Waals surface area contributed by atoms with Crippen LogP contribution in [0.2, 0.25) is 0 Å². The van der Waals surface area contributed by atoms with Crippen molar-refractivity contribution in [2.45, 2.75) is 38.4 Å². The van der Waals surface area contributed by atoms with Crippen LogP contribution in [0.25, 0.3) is 0 Å². The Kier molecular flexibility index (Phi) is 3.58. The molecule has 0 saturated carbocycles. The molecule has 0 fully saturated rings. The summed E-state index contributed by atoms with van der Waals surface area (Å²) in [5.41, 5.74) is 5.62. The molecule has 18 heavy (non-hydrogen) atoms. The maximum atomic E-state index is 10.9. The van der Waals surface area contributed by atoms with Crippen molar-refractivity contribution >= 4 is 12.3 Å². The first-order valence-electron chi connectivity index (χ1n) is 7.28. The molecule has 1 aromatic heterocycles. The van der Waals surface area contributed by atoms with Gasteiger partial charge in [-0.25, -0.2) is 0 Å². The highest BCUT2D eigenvalue weighted by Gasteiger charge is 2.11. The van der Waals surface area contributed by atoms with Crippen LogP contribution in [0, 0.1) is 0 Å². The Balaban J connectivity index is 3.06. The second-order valence-corrected chi connectivity index (χ2v) is 3.61. The fourth-order valence-corrected chi connectivity index (χ4v) is 1.37. The third kappa shape index (κ3) is 3.68. The van der Waals surface area contributed by atoms with Crippen LogP contribution in [0.5, 0.6) is 0 Å². The second-order valence-electron chi connectivity index (χ2n) is 3.61. The highest BCUT2D eigenvalue weighted by atomic mass is 16.4. The quantitative estimate of drug-likeness (QED) is 0.584. The summed E-state index contributed by atoms with van der Waals surface area (Å²) in [6.07, 6.45) is -5.29. The van der Waals surface area contributed by atoms with Crippen LogP contribution in [0.4, 0.5) is 0 Å². The molecular weight excluding hydrogens is 236 g/mol. The van der Waals surface area contributed by atoms with Crippen molar-refractivity contribution in [2.75, 3.05) is 0 Å². The molecule has 6 nitrogen and oxygen atoms in total. The molecule has 0 bridgehead atoms. The molecule has 1 heterocycles. The predicted molar refractivity (Wildman–Crippen MR) is 65.2 cm³/mol. The Morgan fingerprint density at radius 3 is 2.83 bits per heavy atom. The molecule has 0 unspecified atom stereocenters. The van der Waals surface area contributed by atoms with E-state index in [-0.39, 0.29) is 11.4 Å². The Bertz CT molecular complexity index is 559. The topological polar surface area (TPSA) is 106 Å². The van der Waals surface area contributed by atoms with Gasteiger partial charge in [0.15, 0.2) is 6.29 Å². The summed E-state index contributed by atoms with van der Waals surface area (Å²) in [7, 11) is 0. The van der Waals surface area contributed by atoms with E-state index >= 15 is 0 Å². The first kappa shape index (κ1) is 9.29. The number of aliphatic hydroxyl groups is 1. The van der Waals surface area contributed by atoms with Crippen LogP contribution in [0.15, 0.2) is 12.1 Å². The van der Waals surface area contributed by atoms with Crippen molar-refractivity contribution in [1.82, 2.24) is 4.57 Å². The van der Waals surface area contributed by atoms with E-state index in [9.17, 15) is 14.7 Å². The van der Waals surface area contributed by atoms with Gasteiger partial charge in [0.25, 0.3) is 0 Å². The molecule has 4 N–H and O–H groups in total. The van der Waals surface area contributed by atoms with E-state index in [0.717, 1.165) is 4.57 Å². The lowest BCUT2D eigenvalue weighted by Crippen LogP contribution is -2.29. The largest absolute Gasteiger partial charge is 0.480 e. The van der Waals surface area contributed by atoms with E-state index in [1.165, 1.54) is 12.1 Å². The monoisotopic (exact) mass is 258 g/mol. The number of carboxylic acid groups (broad SMARTS) is 1. The van der Waals surface area contributed by atoms with Crippen molar-refractivity contribution in [3.63, 3.8) is 0 Å². The van der Waals surface area contributed by atoms with Gasteiger partial charge in [0.1, 0.15) is 6.04 Å². The van der Waals surface area contributed by atoms with Gasteiger partial charge in [-0.05, 0) is 31.3 Å². The molecule has 100 valence electrons. The number of hydrogen-bond donors (Lipinski definition) is 3. The van der Waals surface area contributed by atoms with Crippen molar-refractivity contribution in [3.05, 3.63) is 23.5 Å². The SMILES string of the molecule is [2H]C([2H])(C[C@H](N)C(=O)O)C([2H])([2H])Cn1c(C=O)ccc1CO. The van der Waals surface area contributed by atoms with Gasteiger partial charge in [0, 0.05) is 17.7 Å². The summed E-state index contributed by atoms with van der Waals surface area (Å²) < 4.78 is 32.6. The Morgan fingerprint density at radius 1 is 1.56 bits per heavy atom. The number of aliphatic hydroxyl groups excluding tert-OH is 1. The highest BCUT2D eigenvalue weighted by Crippen LogP contribution is 2.10. The first-order chi connectivity index (χ1) is 10.1. The Morgan fingerprint density at radius 2 is 2.28 bits per heavy atom. The molecular formula is C12H18N2O4. The molecule has 0 spiro atoms. The van der Waals surface area contributed by atoms with E-state index in [0.29, 0.717) is 6.29 Å². The van der Waals surface area contributed by atoms with Gasteiger partial charge in [-0.1, -0.05) is 0 Å². The number of hydrogen-bond acceptors (Lipinski definition) is 4. The lowest BCUT2D eigenvalue weighted by molar-refractivity contribution is -0.138. The Labute approximate surface area is 111 Å². The van der Waals surface area contributed by atoms with Crippen molar-refractivity contribution in [1.29, 1.82) is 0 Å². The third-order valence-corrected chi connectivity index (χ3v) is 2.39. The molecule has 0 aliphatic rings. The third-order valence-electron chi connectivity index (χ3n) is 2.39. The standard InChI is InChI=1S/C12H18N2O4/c13-11(12(17)18)3-1-2-6-14-9(7-15)4-5-10(14)8-16/h4-5,7,11,16H,1-3,6,8,13H2,(H,17,18)/t11-/m0/s1/i1D2,2D2. The van der Waals surface area contributed by atoms with Gasteiger partial charge in [0.05, 0.1) is 12.3 Å². The lowest BCUT2D eigenvalue weighted by atomic mass is 10.1. The molecule has 1 aromatic rings. The minimum absolute atomic E-state index is 0.0891. The smallest absolute Gasteiger partial charge is 0.320 e. The van der Waals surface area contributed by atoms with Gasteiger partial charge < -0.3 is 20.5 Å². The zero-order valence-electron chi connectivity index (χ0n) is 13.7. The number of aliphatic carboxylic acids is 1.